The van der Waals surface area contributed by atoms with E-state index >= 15 is 0 Å². The third-order valence-electron chi connectivity index (χ3n) is 1.53. The van der Waals surface area contributed by atoms with Crippen molar-refractivity contribution < 1.29 is 9.90 Å². The summed E-state index contributed by atoms with van der Waals surface area (Å²) in [6.45, 7) is 12.1. The Bertz CT molecular complexity index is 200. The third-order valence-corrected chi connectivity index (χ3v) is 1.53. The highest BCUT2D eigenvalue weighted by Crippen LogP contribution is 2.18. The molecular weight excluding hydrogens is 204 g/mol. The van der Waals surface area contributed by atoms with Crippen molar-refractivity contribution in [2.45, 2.75) is 60.6 Å². The molecule has 0 saturated carbocycles. The van der Waals surface area contributed by atoms with E-state index in [1.54, 1.807) is 0 Å². The van der Waals surface area contributed by atoms with Gasteiger partial charge in [0.1, 0.15) is 6.23 Å². The fraction of sp³-hybridized carbons (Fsp3) is 0.917. The molecule has 0 aliphatic heterocycles. The van der Waals surface area contributed by atoms with Crippen molar-refractivity contribution >= 4 is 5.91 Å². The highest BCUT2D eigenvalue weighted by molar-refractivity contribution is 5.74. The van der Waals surface area contributed by atoms with Gasteiger partial charge in [0, 0.05) is 6.42 Å². The van der Waals surface area contributed by atoms with Gasteiger partial charge in [-0.1, -0.05) is 41.5 Å². The first-order valence-corrected chi connectivity index (χ1v) is 5.55. The Kier molecular flexibility index (Phi) is 7.62. The Hall–Kier alpha value is -0.610. The second kappa shape index (κ2) is 6.86. The average Bonchev–Trinajstić information content (AvgIpc) is 1.72. The van der Waals surface area contributed by atoms with Crippen molar-refractivity contribution in [1.29, 1.82) is 0 Å². The smallest absolute Gasteiger partial charge is 0.217 e. The number of primary amides is 1. The first-order valence-electron chi connectivity index (χ1n) is 5.55. The summed E-state index contributed by atoms with van der Waals surface area (Å²) in [5.41, 5.74) is 10.3. The van der Waals surface area contributed by atoms with Gasteiger partial charge >= 0.3 is 0 Å². The zero-order valence-electron chi connectivity index (χ0n) is 11.5. The number of carbonyl (C=O) groups excluding carboxylic acids is 1. The molecule has 0 spiro atoms. The standard InChI is InChI=1S/C6H15NO.C6H13NO/c2*1-6(2,3)4-5(7)8/h5,8H,4,7H2,1-3H3;4H2,1-3H3,(H2,7,8). The average molecular weight is 232 g/mol. The summed E-state index contributed by atoms with van der Waals surface area (Å²) in [7, 11) is 0. The zero-order valence-corrected chi connectivity index (χ0v) is 11.5. The van der Waals surface area contributed by atoms with Gasteiger partial charge in [0.15, 0.2) is 0 Å². The van der Waals surface area contributed by atoms with Gasteiger partial charge in [-0.3, -0.25) is 4.79 Å². The number of rotatable bonds is 2. The van der Waals surface area contributed by atoms with Crippen molar-refractivity contribution in [2.24, 2.45) is 22.3 Å². The summed E-state index contributed by atoms with van der Waals surface area (Å²) in [4.78, 5) is 10.2. The topological polar surface area (TPSA) is 89.3 Å². The number of hydrogen-bond donors (Lipinski definition) is 3. The molecule has 0 heterocycles. The summed E-state index contributed by atoms with van der Waals surface area (Å²) in [5.74, 6) is -0.225. The van der Waals surface area contributed by atoms with Gasteiger partial charge in [-0.25, -0.2) is 0 Å². The maximum Gasteiger partial charge on any atom is 0.217 e. The van der Waals surface area contributed by atoms with Crippen LogP contribution in [0.25, 0.3) is 0 Å². The van der Waals surface area contributed by atoms with Crippen LogP contribution in [-0.4, -0.2) is 17.2 Å². The SMILES string of the molecule is CC(C)(C)CC(N)=O.CC(C)(C)CC(N)O. The van der Waals surface area contributed by atoms with Crippen LogP contribution in [0.4, 0.5) is 0 Å². The molecule has 0 radical (unpaired) electrons. The van der Waals surface area contributed by atoms with Crippen LogP contribution in [0, 0.1) is 10.8 Å². The maximum absolute atomic E-state index is 10.2. The van der Waals surface area contributed by atoms with Gasteiger partial charge in [-0.05, 0) is 17.3 Å². The van der Waals surface area contributed by atoms with Crippen LogP contribution < -0.4 is 11.5 Å². The minimum absolute atomic E-state index is 0.0475. The summed E-state index contributed by atoms with van der Waals surface area (Å²) in [6.07, 6.45) is 0.468. The lowest BCUT2D eigenvalue weighted by Crippen LogP contribution is -2.25. The second-order valence-corrected chi connectivity index (χ2v) is 6.54. The quantitative estimate of drug-likeness (QED) is 0.632. The van der Waals surface area contributed by atoms with Crippen molar-refractivity contribution in [3.05, 3.63) is 0 Å². The predicted molar refractivity (Wildman–Crippen MR) is 67.5 cm³/mol. The van der Waals surface area contributed by atoms with E-state index in [4.69, 9.17) is 16.6 Å². The minimum atomic E-state index is -0.657. The van der Waals surface area contributed by atoms with E-state index in [1.165, 1.54) is 0 Å². The van der Waals surface area contributed by atoms with Gasteiger partial charge in [0.25, 0.3) is 0 Å². The van der Waals surface area contributed by atoms with Gasteiger partial charge in [-0.15, -0.1) is 0 Å². The van der Waals surface area contributed by atoms with E-state index in [-0.39, 0.29) is 16.7 Å². The van der Waals surface area contributed by atoms with Crippen molar-refractivity contribution in [3.8, 4) is 0 Å². The molecule has 0 bridgehead atoms. The first kappa shape index (κ1) is 17.8. The molecule has 4 heteroatoms. The maximum atomic E-state index is 10.2. The molecular formula is C12H28N2O2. The van der Waals surface area contributed by atoms with Gasteiger partial charge < -0.3 is 16.6 Å². The molecule has 4 nitrogen and oxygen atoms in total. The van der Waals surface area contributed by atoms with Gasteiger partial charge in [0.2, 0.25) is 5.91 Å². The van der Waals surface area contributed by atoms with Crippen LogP contribution in [0.2, 0.25) is 0 Å². The molecule has 0 saturated heterocycles. The molecule has 0 fully saturated rings. The molecule has 0 aliphatic carbocycles. The fourth-order valence-corrected chi connectivity index (χ4v) is 1.15. The Morgan fingerprint density at radius 1 is 1.12 bits per heavy atom. The van der Waals surface area contributed by atoms with E-state index in [2.05, 4.69) is 0 Å². The van der Waals surface area contributed by atoms with Gasteiger partial charge in [0.05, 0.1) is 0 Å². The Morgan fingerprint density at radius 3 is 1.50 bits per heavy atom. The van der Waals surface area contributed by atoms with Crippen LogP contribution in [0.5, 0.6) is 0 Å². The molecule has 0 aliphatic rings. The van der Waals surface area contributed by atoms with Crippen LogP contribution >= 0.6 is 0 Å². The molecule has 0 aromatic heterocycles. The zero-order chi connectivity index (χ0) is 13.6. The van der Waals surface area contributed by atoms with E-state index in [1.807, 2.05) is 41.5 Å². The second-order valence-electron chi connectivity index (χ2n) is 6.54. The highest BCUT2D eigenvalue weighted by atomic mass is 16.3. The number of hydrogen-bond acceptors (Lipinski definition) is 3. The van der Waals surface area contributed by atoms with E-state index in [0.717, 1.165) is 0 Å². The van der Waals surface area contributed by atoms with Crippen LogP contribution in [0.15, 0.2) is 0 Å². The van der Waals surface area contributed by atoms with Gasteiger partial charge in [-0.2, -0.15) is 0 Å². The third kappa shape index (κ3) is 23.3. The lowest BCUT2D eigenvalue weighted by atomic mass is 9.92. The highest BCUT2D eigenvalue weighted by Gasteiger charge is 2.13. The largest absolute Gasteiger partial charge is 0.379 e. The lowest BCUT2D eigenvalue weighted by molar-refractivity contribution is -0.119. The Labute approximate surface area is 99.4 Å². The van der Waals surface area contributed by atoms with Crippen LogP contribution in [-0.2, 0) is 4.79 Å². The molecule has 16 heavy (non-hydrogen) atoms. The minimum Gasteiger partial charge on any atom is -0.379 e. The number of carbonyl (C=O) groups is 1. The predicted octanol–water partition coefficient (Wildman–Crippen LogP) is 1.61. The number of aliphatic hydroxyl groups excluding tert-OH is 1. The first-order chi connectivity index (χ1) is 6.83. The van der Waals surface area contributed by atoms with E-state index < -0.39 is 6.23 Å². The van der Waals surface area contributed by atoms with E-state index in [9.17, 15) is 4.79 Å². The van der Waals surface area contributed by atoms with Crippen LogP contribution in [0.3, 0.4) is 0 Å². The molecule has 1 unspecified atom stereocenters. The lowest BCUT2D eigenvalue weighted by Gasteiger charge is -2.19. The fourth-order valence-electron chi connectivity index (χ4n) is 1.15. The monoisotopic (exact) mass is 232 g/mol. The Balaban J connectivity index is 0. The molecule has 5 N–H and O–H groups in total. The van der Waals surface area contributed by atoms with Crippen molar-refractivity contribution in [2.75, 3.05) is 0 Å². The summed E-state index contributed by atoms with van der Waals surface area (Å²) >= 11 is 0. The van der Waals surface area contributed by atoms with Crippen molar-refractivity contribution in [3.63, 3.8) is 0 Å². The number of nitrogens with two attached hydrogens (primary N) is 2. The van der Waals surface area contributed by atoms with E-state index in [0.29, 0.717) is 12.8 Å². The molecule has 1 atom stereocenters. The molecule has 1 amide bonds. The van der Waals surface area contributed by atoms with Crippen LogP contribution in [0.1, 0.15) is 54.4 Å². The summed E-state index contributed by atoms with van der Waals surface area (Å²) in [6, 6.07) is 0. The summed E-state index contributed by atoms with van der Waals surface area (Å²) in [5, 5.41) is 8.67. The normalized spacial score (nSPS) is 13.8. The number of amides is 1. The summed E-state index contributed by atoms with van der Waals surface area (Å²) < 4.78 is 0. The Morgan fingerprint density at radius 2 is 1.50 bits per heavy atom. The molecule has 98 valence electrons. The molecule has 0 rings (SSSR count). The van der Waals surface area contributed by atoms with Crippen molar-refractivity contribution in [1.82, 2.24) is 0 Å². The molecule has 0 aromatic rings. The molecule has 0 aromatic carbocycles. The number of aliphatic hydroxyl groups is 1.